The summed E-state index contributed by atoms with van der Waals surface area (Å²) < 4.78 is 0. The van der Waals surface area contributed by atoms with Crippen molar-refractivity contribution < 1.29 is 4.79 Å². The lowest BCUT2D eigenvalue weighted by molar-refractivity contribution is 0.0957. The highest BCUT2D eigenvalue weighted by Crippen LogP contribution is 2.28. The van der Waals surface area contributed by atoms with Crippen molar-refractivity contribution in [1.29, 1.82) is 0 Å². The molecule has 0 saturated carbocycles. The molecular weight excluding hydrogens is 310 g/mol. The zero-order chi connectivity index (χ0) is 13.0. The standard InChI is InChI=1S/C14H20BrNOS/c1-10(15)7-8-16-14(17)13-9-11-5-3-2-4-6-12(11)18-13/h9-10H,2-8H2,1H3,(H,16,17). The molecule has 0 saturated heterocycles. The molecule has 0 aromatic carbocycles. The maximum atomic E-state index is 12.0. The van der Waals surface area contributed by atoms with Crippen LogP contribution in [-0.4, -0.2) is 17.3 Å². The fourth-order valence-corrected chi connectivity index (χ4v) is 3.65. The fraction of sp³-hybridized carbons (Fsp3) is 0.643. The van der Waals surface area contributed by atoms with Crippen LogP contribution in [0.15, 0.2) is 6.07 Å². The normalized spacial score (nSPS) is 16.8. The largest absolute Gasteiger partial charge is 0.351 e. The molecule has 1 aliphatic carbocycles. The first kappa shape index (κ1) is 14.1. The first-order valence-corrected chi connectivity index (χ1v) is 8.44. The molecule has 2 nitrogen and oxygen atoms in total. The van der Waals surface area contributed by atoms with Gasteiger partial charge in [0, 0.05) is 16.2 Å². The minimum absolute atomic E-state index is 0.0984. The molecule has 1 atom stereocenters. The molecule has 100 valence electrons. The number of nitrogens with one attached hydrogen (secondary N) is 1. The van der Waals surface area contributed by atoms with Crippen molar-refractivity contribution in [3.05, 3.63) is 21.4 Å². The number of halogens is 1. The Morgan fingerprint density at radius 2 is 2.22 bits per heavy atom. The third kappa shape index (κ3) is 3.82. The predicted octanol–water partition coefficient (Wildman–Crippen LogP) is 3.92. The fourth-order valence-electron chi connectivity index (χ4n) is 2.25. The maximum absolute atomic E-state index is 12.0. The molecule has 1 N–H and O–H groups in total. The Balaban J connectivity index is 1.94. The number of carbonyl (C=O) groups is 1. The SMILES string of the molecule is CC(Br)CCNC(=O)c1cc2c(s1)CCCCC2. The number of amides is 1. The van der Waals surface area contributed by atoms with Gasteiger partial charge >= 0.3 is 0 Å². The summed E-state index contributed by atoms with van der Waals surface area (Å²) in [6.45, 7) is 2.84. The number of thiophene rings is 1. The smallest absolute Gasteiger partial charge is 0.261 e. The second-order valence-corrected chi connectivity index (χ2v) is 7.64. The van der Waals surface area contributed by atoms with Crippen molar-refractivity contribution >= 4 is 33.2 Å². The molecule has 1 aromatic rings. The molecule has 0 spiro atoms. The summed E-state index contributed by atoms with van der Waals surface area (Å²) >= 11 is 5.18. The maximum Gasteiger partial charge on any atom is 0.261 e. The topological polar surface area (TPSA) is 29.1 Å². The van der Waals surface area contributed by atoms with Gasteiger partial charge in [0.25, 0.3) is 5.91 Å². The van der Waals surface area contributed by atoms with Gasteiger partial charge in [-0.1, -0.05) is 29.3 Å². The molecule has 0 fully saturated rings. The molecule has 4 heteroatoms. The van der Waals surface area contributed by atoms with Gasteiger partial charge in [0.05, 0.1) is 4.88 Å². The van der Waals surface area contributed by atoms with Crippen molar-refractivity contribution in [2.24, 2.45) is 0 Å². The summed E-state index contributed by atoms with van der Waals surface area (Å²) in [5.41, 5.74) is 1.41. The molecule has 18 heavy (non-hydrogen) atoms. The number of hydrogen-bond acceptors (Lipinski definition) is 2. The average Bonchev–Trinajstić information content (AvgIpc) is 2.60. The average molecular weight is 330 g/mol. The van der Waals surface area contributed by atoms with Gasteiger partial charge in [-0.25, -0.2) is 0 Å². The van der Waals surface area contributed by atoms with Gasteiger partial charge in [0.1, 0.15) is 0 Å². The van der Waals surface area contributed by atoms with Crippen LogP contribution in [0.4, 0.5) is 0 Å². The summed E-state index contributed by atoms with van der Waals surface area (Å²) in [6.07, 6.45) is 7.15. The van der Waals surface area contributed by atoms with E-state index in [0.717, 1.165) is 30.7 Å². The Kier molecular flexibility index (Phi) is 5.25. The molecule has 2 rings (SSSR count). The Morgan fingerprint density at radius 1 is 1.44 bits per heavy atom. The second kappa shape index (κ2) is 6.71. The van der Waals surface area contributed by atoms with Crippen molar-refractivity contribution in [2.75, 3.05) is 6.54 Å². The quantitative estimate of drug-likeness (QED) is 0.658. The Bertz CT molecular complexity index is 390. The van der Waals surface area contributed by atoms with Crippen molar-refractivity contribution in [3.8, 4) is 0 Å². The monoisotopic (exact) mass is 329 g/mol. The van der Waals surface area contributed by atoms with Crippen molar-refractivity contribution in [1.82, 2.24) is 5.32 Å². The Labute approximate surface area is 121 Å². The van der Waals surface area contributed by atoms with E-state index in [4.69, 9.17) is 0 Å². The van der Waals surface area contributed by atoms with Gasteiger partial charge < -0.3 is 5.32 Å². The van der Waals surface area contributed by atoms with E-state index < -0.39 is 0 Å². The van der Waals surface area contributed by atoms with E-state index in [1.807, 2.05) is 0 Å². The predicted molar refractivity (Wildman–Crippen MR) is 80.9 cm³/mol. The van der Waals surface area contributed by atoms with Crippen LogP contribution in [0.5, 0.6) is 0 Å². The van der Waals surface area contributed by atoms with Crippen LogP contribution in [0, 0.1) is 0 Å². The Hall–Kier alpha value is -0.350. The van der Waals surface area contributed by atoms with Crippen LogP contribution in [0.3, 0.4) is 0 Å². The minimum atomic E-state index is 0.0984. The van der Waals surface area contributed by atoms with Gasteiger partial charge in [0.15, 0.2) is 0 Å². The third-order valence-electron chi connectivity index (χ3n) is 3.30. The molecule has 1 aromatic heterocycles. The van der Waals surface area contributed by atoms with Crippen LogP contribution < -0.4 is 5.32 Å². The van der Waals surface area contributed by atoms with Crippen LogP contribution in [0.2, 0.25) is 0 Å². The van der Waals surface area contributed by atoms with Crippen LogP contribution >= 0.6 is 27.3 Å². The van der Waals surface area contributed by atoms with E-state index in [1.54, 1.807) is 11.3 Å². The van der Waals surface area contributed by atoms with E-state index >= 15 is 0 Å². The van der Waals surface area contributed by atoms with Gasteiger partial charge in [-0.3, -0.25) is 4.79 Å². The van der Waals surface area contributed by atoms with Crippen molar-refractivity contribution in [3.63, 3.8) is 0 Å². The first-order valence-electron chi connectivity index (χ1n) is 6.70. The number of carbonyl (C=O) groups excluding carboxylic acids is 1. The van der Waals surface area contributed by atoms with Crippen molar-refractivity contribution in [2.45, 2.75) is 50.3 Å². The zero-order valence-corrected chi connectivity index (χ0v) is 13.2. The zero-order valence-electron chi connectivity index (χ0n) is 10.8. The highest BCUT2D eigenvalue weighted by molar-refractivity contribution is 9.09. The van der Waals surface area contributed by atoms with E-state index in [2.05, 4.69) is 34.2 Å². The number of alkyl halides is 1. The summed E-state index contributed by atoms with van der Waals surface area (Å²) in [4.78, 5) is 14.8. The summed E-state index contributed by atoms with van der Waals surface area (Å²) in [7, 11) is 0. The number of hydrogen-bond donors (Lipinski definition) is 1. The van der Waals surface area contributed by atoms with Crippen LogP contribution in [0.25, 0.3) is 0 Å². The number of aryl methyl sites for hydroxylation is 2. The van der Waals surface area contributed by atoms with E-state index in [1.165, 1.54) is 29.7 Å². The molecule has 1 unspecified atom stereocenters. The molecule has 1 heterocycles. The third-order valence-corrected chi connectivity index (χ3v) is 4.99. The van der Waals surface area contributed by atoms with E-state index in [0.29, 0.717) is 4.83 Å². The first-order chi connectivity index (χ1) is 8.66. The Morgan fingerprint density at radius 3 is 3.00 bits per heavy atom. The highest BCUT2D eigenvalue weighted by Gasteiger charge is 2.16. The van der Waals surface area contributed by atoms with Crippen LogP contribution in [-0.2, 0) is 12.8 Å². The lowest BCUT2D eigenvalue weighted by atomic mass is 10.1. The molecule has 0 bridgehead atoms. The van der Waals surface area contributed by atoms with E-state index in [-0.39, 0.29) is 5.91 Å². The minimum Gasteiger partial charge on any atom is -0.351 e. The lowest BCUT2D eigenvalue weighted by Gasteiger charge is -2.04. The van der Waals surface area contributed by atoms with Gasteiger partial charge in [-0.15, -0.1) is 11.3 Å². The van der Waals surface area contributed by atoms with Crippen LogP contribution in [0.1, 0.15) is 52.7 Å². The molecule has 0 radical (unpaired) electrons. The summed E-state index contributed by atoms with van der Waals surface area (Å²) in [6, 6.07) is 2.11. The molecular formula is C14H20BrNOS. The highest BCUT2D eigenvalue weighted by atomic mass is 79.9. The number of rotatable bonds is 4. The van der Waals surface area contributed by atoms with Gasteiger partial charge in [-0.05, 0) is 43.7 Å². The van der Waals surface area contributed by atoms with Gasteiger partial charge in [0.2, 0.25) is 0 Å². The van der Waals surface area contributed by atoms with E-state index in [9.17, 15) is 4.79 Å². The molecule has 0 aliphatic heterocycles. The second-order valence-electron chi connectivity index (χ2n) is 4.95. The summed E-state index contributed by atoms with van der Waals surface area (Å²) in [5.74, 6) is 0.0984. The molecule has 1 aliphatic rings. The lowest BCUT2D eigenvalue weighted by Crippen LogP contribution is -2.24. The molecule has 1 amide bonds. The summed E-state index contributed by atoms with van der Waals surface area (Å²) in [5, 5.41) is 3.00. The number of fused-ring (bicyclic) bond motifs is 1. The van der Waals surface area contributed by atoms with Gasteiger partial charge in [-0.2, -0.15) is 0 Å².